The van der Waals surface area contributed by atoms with Crippen LogP contribution >= 0.6 is 0 Å². The Hall–Kier alpha value is -2.45. The number of rotatable bonds is 7. The molecule has 0 fully saturated rings. The molecule has 0 aliphatic carbocycles. The van der Waals surface area contributed by atoms with Gasteiger partial charge in [0.1, 0.15) is 5.75 Å². The summed E-state index contributed by atoms with van der Waals surface area (Å²) < 4.78 is 5.62. The standard InChI is InChI=1S/C17H20N2O3/c1-3-6-13(20)11-19-16(21)9-12-10-18-14-7-5-8-15(17(12)14)22-4-2/h1,5,7-8,10,13,18,20H,4,6,9,11H2,2H3,(H,19,21)/t13-/m0/s1. The number of hydrogen-bond acceptors (Lipinski definition) is 3. The molecular weight excluding hydrogens is 280 g/mol. The van der Waals surface area contributed by atoms with Crippen LogP contribution in [0.4, 0.5) is 0 Å². The summed E-state index contributed by atoms with van der Waals surface area (Å²) in [4.78, 5) is 15.1. The summed E-state index contributed by atoms with van der Waals surface area (Å²) in [6.07, 6.45) is 6.65. The zero-order valence-corrected chi connectivity index (χ0v) is 12.6. The second kappa shape index (κ2) is 7.53. The number of nitrogens with one attached hydrogen (secondary N) is 2. The van der Waals surface area contributed by atoms with Crippen LogP contribution in [0.15, 0.2) is 24.4 Å². The van der Waals surface area contributed by atoms with Crippen LogP contribution in [0.1, 0.15) is 18.9 Å². The lowest BCUT2D eigenvalue weighted by Gasteiger charge is -2.10. The largest absolute Gasteiger partial charge is 0.493 e. The molecule has 0 saturated heterocycles. The Morgan fingerprint density at radius 2 is 2.36 bits per heavy atom. The van der Waals surface area contributed by atoms with Crippen molar-refractivity contribution in [1.82, 2.24) is 10.3 Å². The number of aromatic amines is 1. The smallest absolute Gasteiger partial charge is 0.224 e. The molecule has 116 valence electrons. The fourth-order valence-electron chi connectivity index (χ4n) is 2.31. The Labute approximate surface area is 129 Å². The van der Waals surface area contributed by atoms with E-state index in [0.717, 1.165) is 22.2 Å². The van der Waals surface area contributed by atoms with Crippen molar-refractivity contribution >= 4 is 16.8 Å². The van der Waals surface area contributed by atoms with E-state index in [9.17, 15) is 9.90 Å². The molecule has 3 N–H and O–H groups in total. The Balaban J connectivity index is 2.08. The molecule has 1 aromatic heterocycles. The predicted octanol–water partition coefficient (Wildman–Crippen LogP) is 1.61. The van der Waals surface area contributed by atoms with E-state index < -0.39 is 6.10 Å². The first-order valence-corrected chi connectivity index (χ1v) is 7.25. The van der Waals surface area contributed by atoms with E-state index >= 15 is 0 Å². The van der Waals surface area contributed by atoms with Crippen LogP contribution in [0.3, 0.4) is 0 Å². The zero-order valence-electron chi connectivity index (χ0n) is 12.6. The highest BCUT2D eigenvalue weighted by molar-refractivity contribution is 5.93. The molecule has 5 heteroatoms. The average molecular weight is 300 g/mol. The van der Waals surface area contributed by atoms with E-state index in [0.29, 0.717) is 6.61 Å². The fraction of sp³-hybridized carbons (Fsp3) is 0.353. The highest BCUT2D eigenvalue weighted by atomic mass is 16.5. The van der Waals surface area contributed by atoms with Crippen LogP contribution in [0.2, 0.25) is 0 Å². The third-order valence-electron chi connectivity index (χ3n) is 3.29. The topological polar surface area (TPSA) is 74.4 Å². The maximum absolute atomic E-state index is 12.0. The Morgan fingerprint density at radius 1 is 1.55 bits per heavy atom. The molecule has 1 atom stereocenters. The first kappa shape index (κ1) is 15.9. The van der Waals surface area contributed by atoms with E-state index in [4.69, 9.17) is 11.2 Å². The minimum Gasteiger partial charge on any atom is -0.493 e. The highest BCUT2D eigenvalue weighted by Crippen LogP contribution is 2.29. The molecular formula is C17H20N2O3. The fourth-order valence-corrected chi connectivity index (χ4v) is 2.31. The van der Waals surface area contributed by atoms with E-state index in [1.54, 1.807) is 0 Å². The van der Waals surface area contributed by atoms with Crippen LogP contribution in [-0.4, -0.2) is 35.3 Å². The summed E-state index contributed by atoms with van der Waals surface area (Å²) in [6.45, 7) is 2.64. The number of carbonyl (C=O) groups is 1. The first-order chi connectivity index (χ1) is 10.7. The zero-order chi connectivity index (χ0) is 15.9. The van der Waals surface area contributed by atoms with Gasteiger partial charge in [-0.25, -0.2) is 0 Å². The summed E-state index contributed by atoms with van der Waals surface area (Å²) in [5, 5.41) is 13.1. The van der Waals surface area contributed by atoms with Crippen molar-refractivity contribution in [3.8, 4) is 18.1 Å². The molecule has 1 aromatic carbocycles. The SMILES string of the molecule is C#CC[C@H](O)CNC(=O)Cc1c[nH]c2cccc(OCC)c12. The van der Waals surface area contributed by atoms with Crippen molar-refractivity contribution in [3.05, 3.63) is 30.0 Å². The van der Waals surface area contributed by atoms with Crippen LogP contribution in [0, 0.1) is 12.3 Å². The molecule has 1 amide bonds. The monoisotopic (exact) mass is 300 g/mol. The Kier molecular flexibility index (Phi) is 5.45. The molecule has 0 aliphatic rings. The number of fused-ring (bicyclic) bond motifs is 1. The first-order valence-electron chi connectivity index (χ1n) is 7.25. The Morgan fingerprint density at radius 3 is 3.09 bits per heavy atom. The van der Waals surface area contributed by atoms with Gasteiger partial charge in [0.25, 0.3) is 0 Å². The second-order valence-corrected chi connectivity index (χ2v) is 4.97. The molecule has 22 heavy (non-hydrogen) atoms. The average Bonchev–Trinajstić information content (AvgIpc) is 2.90. The lowest BCUT2D eigenvalue weighted by atomic mass is 10.1. The number of ether oxygens (including phenoxy) is 1. The van der Waals surface area contributed by atoms with Crippen LogP contribution in [0.5, 0.6) is 5.75 Å². The number of amides is 1. The van der Waals surface area contributed by atoms with Gasteiger partial charge in [0.2, 0.25) is 5.91 Å². The third-order valence-corrected chi connectivity index (χ3v) is 3.29. The van der Waals surface area contributed by atoms with Crippen molar-refractivity contribution in [2.75, 3.05) is 13.2 Å². The van der Waals surface area contributed by atoms with Gasteiger partial charge in [-0.05, 0) is 24.6 Å². The predicted molar refractivity (Wildman–Crippen MR) is 85.6 cm³/mol. The van der Waals surface area contributed by atoms with Crippen LogP contribution in [-0.2, 0) is 11.2 Å². The lowest BCUT2D eigenvalue weighted by molar-refractivity contribution is -0.120. The summed E-state index contributed by atoms with van der Waals surface area (Å²) in [5.41, 5.74) is 1.80. The lowest BCUT2D eigenvalue weighted by Crippen LogP contribution is -2.32. The van der Waals surface area contributed by atoms with E-state index in [1.807, 2.05) is 31.3 Å². The third kappa shape index (κ3) is 3.80. The number of carbonyl (C=O) groups excluding carboxylic acids is 1. The van der Waals surface area contributed by atoms with Crippen molar-refractivity contribution in [3.63, 3.8) is 0 Å². The summed E-state index contributed by atoms with van der Waals surface area (Å²) in [5.74, 6) is 2.96. The van der Waals surface area contributed by atoms with E-state index in [-0.39, 0.29) is 25.3 Å². The number of aromatic nitrogens is 1. The highest BCUT2D eigenvalue weighted by Gasteiger charge is 2.13. The van der Waals surface area contributed by atoms with E-state index in [2.05, 4.69) is 16.2 Å². The molecule has 2 rings (SSSR count). The van der Waals surface area contributed by atoms with Gasteiger partial charge in [0, 0.05) is 30.1 Å². The maximum atomic E-state index is 12.0. The molecule has 2 aromatic rings. The molecule has 0 bridgehead atoms. The van der Waals surface area contributed by atoms with Gasteiger partial charge >= 0.3 is 0 Å². The number of H-pyrrole nitrogens is 1. The van der Waals surface area contributed by atoms with Crippen molar-refractivity contribution in [1.29, 1.82) is 0 Å². The van der Waals surface area contributed by atoms with Gasteiger partial charge in [-0.15, -0.1) is 12.3 Å². The molecule has 0 aliphatic heterocycles. The summed E-state index contributed by atoms with van der Waals surface area (Å²) >= 11 is 0. The minimum atomic E-state index is -0.712. The van der Waals surface area contributed by atoms with Gasteiger partial charge < -0.3 is 20.1 Å². The molecule has 0 unspecified atom stereocenters. The summed E-state index contributed by atoms with van der Waals surface area (Å²) in [6, 6.07) is 5.73. The number of hydrogen-bond donors (Lipinski definition) is 3. The molecule has 0 spiro atoms. The Bertz CT molecular complexity index is 685. The quantitative estimate of drug-likeness (QED) is 0.680. The van der Waals surface area contributed by atoms with E-state index in [1.165, 1.54) is 0 Å². The van der Waals surface area contributed by atoms with Crippen molar-refractivity contribution in [2.45, 2.75) is 25.9 Å². The van der Waals surface area contributed by atoms with Gasteiger partial charge in [-0.1, -0.05) is 6.07 Å². The number of aliphatic hydroxyl groups is 1. The molecule has 0 radical (unpaired) electrons. The van der Waals surface area contributed by atoms with Gasteiger partial charge in [-0.3, -0.25) is 4.79 Å². The van der Waals surface area contributed by atoms with Crippen LogP contribution < -0.4 is 10.1 Å². The number of aliphatic hydroxyl groups excluding tert-OH is 1. The maximum Gasteiger partial charge on any atom is 0.224 e. The molecule has 0 saturated carbocycles. The van der Waals surface area contributed by atoms with Gasteiger partial charge in [0.15, 0.2) is 0 Å². The number of terminal acetylenes is 1. The van der Waals surface area contributed by atoms with Crippen LogP contribution in [0.25, 0.3) is 10.9 Å². The minimum absolute atomic E-state index is 0.156. The normalized spacial score (nSPS) is 11.9. The molecule has 5 nitrogen and oxygen atoms in total. The van der Waals surface area contributed by atoms with Crippen molar-refractivity contribution in [2.24, 2.45) is 0 Å². The van der Waals surface area contributed by atoms with Gasteiger partial charge in [-0.2, -0.15) is 0 Å². The van der Waals surface area contributed by atoms with Crippen molar-refractivity contribution < 1.29 is 14.6 Å². The molecule has 1 heterocycles. The number of benzene rings is 1. The van der Waals surface area contributed by atoms with Gasteiger partial charge in [0.05, 0.1) is 19.1 Å². The summed E-state index contributed by atoms with van der Waals surface area (Å²) in [7, 11) is 0. The second-order valence-electron chi connectivity index (χ2n) is 4.97.